The fourth-order valence-corrected chi connectivity index (χ4v) is 3.31. The summed E-state index contributed by atoms with van der Waals surface area (Å²) >= 11 is 0. The molecule has 5 heteroatoms. The Morgan fingerprint density at radius 3 is 2.55 bits per heavy atom. The summed E-state index contributed by atoms with van der Waals surface area (Å²) in [5.74, 6) is 0.291. The van der Waals surface area contributed by atoms with E-state index in [0.29, 0.717) is 23.9 Å². The molecule has 0 bridgehead atoms. The van der Waals surface area contributed by atoms with Gasteiger partial charge in [-0.25, -0.2) is 13.1 Å². The number of nitrogens with one attached hydrogen (secondary N) is 2. The number of rotatable bonds is 8. The lowest BCUT2D eigenvalue weighted by Gasteiger charge is -2.12. The van der Waals surface area contributed by atoms with Crippen molar-refractivity contribution in [3.8, 4) is 0 Å². The molecule has 0 spiro atoms. The van der Waals surface area contributed by atoms with E-state index in [1.54, 1.807) is 6.07 Å². The van der Waals surface area contributed by atoms with E-state index >= 15 is 0 Å². The fraction of sp³-hybridized carbons (Fsp3) is 0.600. The van der Waals surface area contributed by atoms with Crippen LogP contribution in [-0.4, -0.2) is 21.5 Å². The van der Waals surface area contributed by atoms with E-state index in [9.17, 15) is 8.42 Å². The van der Waals surface area contributed by atoms with Gasteiger partial charge in [0, 0.05) is 13.1 Å². The first-order valence-corrected chi connectivity index (χ1v) is 8.65. The highest BCUT2D eigenvalue weighted by Gasteiger charge is 2.17. The third-order valence-corrected chi connectivity index (χ3v) is 4.55. The zero-order chi connectivity index (χ0) is 15.2. The highest BCUT2D eigenvalue weighted by atomic mass is 32.2. The average Bonchev–Trinajstić information content (AvgIpc) is 2.38. The summed E-state index contributed by atoms with van der Waals surface area (Å²) in [7, 11) is -3.42. The lowest BCUT2D eigenvalue weighted by molar-refractivity contribution is 0.559. The Bertz CT molecular complexity index is 525. The van der Waals surface area contributed by atoms with Gasteiger partial charge in [-0.2, -0.15) is 0 Å². The van der Waals surface area contributed by atoms with Crippen LogP contribution in [0.3, 0.4) is 0 Å². The Hall–Kier alpha value is -0.910. The molecule has 1 aromatic rings. The van der Waals surface area contributed by atoms with Crippen molar-refractivity contribution in [1.29, 1.82) is 0 Å². The number of hydrogen-bond donors (Lipinski definition) is 2. The van der Waals surface area contributed by atoms with Crippen LogP contribution in [0.2, 0.25) is 0 Å². The summed E-state index contributed by atoms with van der Waals surface area (Å²) in [5, 5.41) is 3.28. The van der Waals surface area contributed by atoms with Crippen LogP contribution in [0.15, 0.2) is 23.1 Å². The first-order valence-electron chi connectivity index (χ1n) is 7.16. The molecule has 4 nitrogen and oxygen atoms in total. The van der Waals surface area contributed by atoms with E-state index in [2.05, 4.69) is 17.0 Å². The van der Waals surface area contributed by atoms with E-state index < -0.39 is 10.0 Å². The van der Waals surface area contributed by atoms with Gasteiger partial charge in [0.2, 0.25) is 10.0 Å². The minimum Gasteiger partial charge on any atom is -0.313 e. The number of sulfonamides is 1. The van der Waals surface area contributed by atoms with Gasteiger partial charge < -0.3 is 5.32 Å². The quantitative estimate of drug-likeness (QED) is 0.725. The maximum absolute atomic E-state index is 12.3. The Kier molecular flexibility index (Phi) is 6.65. The van der Waals surface area contributed by atoms with Crippen LogP contribution in [0, 0.1) is 12.8 Å². The highest BCUT2D eigenvalue weighted by molar-refractivity contribution is 7.89. The molecule has 1 aromatic carbocycles. The molecule has 0 radical (unpaired) electrons. The molecule has 0 amide bonds. The fourth-order valence-electron chi connectivity index (χ4n) is 1.81. The van der Waals surface area contributed by atoms with Gasteiger partial charge >= 0.3 is 0 Å². The molecule has 1 rings (SSSR count). The van der Waals surface area contributed by atoms with Crippen LogP contribution in [0.5, 0.6) is 0 Å². The maximum Gasteiger partial charge on any atom is 0.240 e. The van der Waals surface area contributed by atoms with Crippen LogP contribution in [-0.2, 0) is 16.6 Å². The van der Waals surface area contributed by atoms with Crippen molar-refractivity contribution >= 4 is 10.0 Å². The maximum atomic E-state index is 12.3. The summed E-state index contributed by atoms with van der Waals surface area (Å²) in [5.41, 5.74) is 1.77. The van der Waals surface area contributed by atoms with Gasteiger partial charge in [0.05, 0.1) is 4.90 Å². The smallest absolute Gasteiger partial charge is 0.240 e. The Balaban J connectivity index is 2.89. The normalized spacial score (nSPS) is 12.1. The molecule has 0 aliphatic carbocycles. The minimum absolute atomic E-state index is 0.291. The standard InChI is InChI=1S/C15H26N2O2S/c1-5-8-16-11-14-7-6-13(4)15(9-14)20(18,19)17-10-12(2)3/h6-7,9,12,16-17H,5,8,10-11H2,1-4H3. The van der Waals surface area contributed by atoms with Crippen molar-refractivity contribution in [3.05, 3.63) is 29.3 Å². The molecule has 114 valence electrons. The number of benzene rings is 1. The van der Waals surface area contributed by atoms with Crippen molar-refractivity contribution in [3.63, 3.8) is 0 Å². The molecule has 0 aromatic heterocycles. The van der Waals surface area contributed by atoms with E-state index in [1.807, 2.05) is 32.9 Å². The predicted molar refractivity (Wildman–Crippen MR) is 83.2 cm³/mol. The first kappa shape index (κ1) is 17.1. The largest absolute Gasteiger partial charge is 0.313 e. The Labute approximate surface area is 123 Å². The van der Waals surface area contributed by atoms with Crippen LogP contribution in [0.25, 0.3) is 0 Å². The SMILES string of the molecule is CCCNCc1ccc(C)c(S(=O)(=O)NCC(C)C)c1. The summed E-state index contributed by atoms with van der Waals surface area (Å²) in [6, 6.07) is 5.60. The van der Waals surface area contributed by atoms with Crippen LogP contribution < -0.4 is 10.0 Å². The monoisotopic (exact) mass is 298 g/mol. The molecule has 0 saturated heterocycles. The number of aryl methyl sites for hydroxylation is 1. The second-order valence-electron chi connectivity index (χ2n) is 5.52. The molecule has 20 heavy (non-hydrogen) atoms. The van der Waals surface area contributed by atoms with Gasteiger partial charge in [0.1, 0.15) is 0 Å². The first-order chi connectivity index (χ1) is 9.36. The molecule has 0 aliphatic heterocycles. The second kappa shape index (κ2) is 7.76. The molecule has 0 saturated carbocycles. The van der Waals surface area contributed by atoms with E-state index in [1.165, 1.54) is 0 Å². The van der Waals surface area contributed by atoms with Crippen molar-refractivity contribution in [2.24, 2.45) is 5.92 Å². The molecular formula is C15H26N2O2S. The third-order valence-electron chi connectivity index (χ3n) is 2.98. The van der Waals surface area contributed by atoms with Crippen LogP contribution >= 0.6 is 0 Å². The van der Waals surface area contributed by atoms with Gasteiger partial charge in [0.15, 0.2) is 0 Å². The zero-order valence-corrected chi connectivity index (χ0v) is 13.7. The topological polar surface area (TPSA) is 58.2 Å². The van der Waals surface area contributed by atoms with Gasteiger partial charge in [-0.1, -0.05) is 32.9 Å². The summed E-state index contributed by atoms with van der Waals surface area (Å²) in [6.07, 6.45) is 1.06. The molecule has 0 heterocycles. The van der Waals surface area contributed by atoms with Crippen LogP contribution in [0.1, 0.15) is 38.3 Å². The summed E-state index contributed by atoms with van der Waals surface area (Å²) < 4.78 is 27.3. The lowest BCUT2D eigenvalue weighted by Crippen LogP contribution is -2.28. The Morgan fingerprint density at radius 1 is 1.25 bits per heavy atom. The molecular weight excluding hydrogens is 272 g/mol. The molecule has 2 N–H and O–H groups in total. The van der Waals surface area contributed by atoms with Gasteiger partial charge in [0.25, 0.3) is 0 Å². The van der Waals surface area contributed by atoms with Gasteiger partial charge in [-0.15, -0.1) is 0 Å². The lowest BCUT2D eigenvalue weighted by atomic mass is 10.1. The zero-order valence-electron chi connectivity index (χ0n) is 12.9. The molecule has 0 aliphatic rings. The molecule has 0 fully saturated rings. The van der Waals surface area contributed by atoms with Crippen molar-refractivity contribution in [2.75, 3.05) is 13.1 Å². The third kappa shape index (κ3) is 5.23. The molecule has 0 atom stereocenters. The van der Waals surface area contributed by atoms with Gasteiger partial charge in [-0.05, 0) is 43.0 Å². The highest BCUT2D eigenvalue weighted by Crippen LogP contribution is 2.17. The summed E-state index contributed by atoms with van der Waals surface area (Å²) in [6.45, 7) is 9.99. The number of hydrogen-bond acceptors (Lipinski definition) is 3. The Morgan fingerprint density at radius 2 is 1.95 bits per heavy atom. The molecule has 0 unspecified atom stereocenters. The van der Waals surface area contributed by atoms with E-state index in [4.69, 9.17) is 0 Å². The predicted octanol–water partition coefficient (Wildman–Crippen LogP) is 2.43. The average molecular weight is 298 g/mol. The van der Waals surface area contributed by atoms with Crippen molar-refractivity contribution < 1.29 is 8.42 Å². The van der Waals surface area contributed by atoms with Crippen molar-refractivity contribution in [2.45, 2.75) is 45.6 Å². The van der Waals surface area contributed by atoms with Crippen molar-refractivity contribution in [1.82, 2.24) is 10.0 Å². The second-order valence-corrected chi connectivity index (χ2v) is 7.26. The van der Waals surface area contributed by atoms with E-state index in [-0.39, 0.29) is 0 Å². The van der Waals surface area contributed by atoms with Gasteiger partial charge in [-0.3, -0.25) is 0 Å². The minimum atomic E-state index is -3.42. The summed E-state index contributed by atoms with van der Waals surface area (Å²) in [4.78, 5) is 0.383. The van der Waals surface area contributed by atoms with Crippen LogP contribution in [0.4, 0.5) is 0 Å². The van der Waals surface area contributed by atoms with E-state index in [0.717, 1.165) is 24.1 Å².